The number of hydrogen-bond donors (Lipinski definition) is 0. The van der Waals surface area contributed by atoms with Crippen LogP contribution in [0.1, 0.15) is 12.8 Å². The second kappa shape index (κ2) is 6.18. The first-order chi connectivity index (χ1) is 9.22. The van der Waals surface area contributed by atoms with Crippen LogP contribution in [0.4, 0.5) is 0 Å². The second-order valence-corrected chi connectivity index (χ2v) is 4.48. The molecule has 4 nitrogen and oxygen atoms in total. The van der Waals surface area contributed by atoms with Crippen molar-refractivity contribution in [2.45, 2.75) is 12.8 Å². The highest BCUT2D eigenvalue weighted by Gasteiger charge is 2.24. The highest BCUT2D eigenvalue weighted by molar-refractivity contribution is 5.88. The molecule has 0 unspecified atom stereocenters. The first-order valence-electron chi connectivity index (χ1n) is 6.47. The molecule has 0 saturated carbocycles. The second-order valence-electron chi connectivity index (χ2n) is 4.48. The zero-order valence-electron chi connectivity index (χ0n) is 10.9. The van der Waals surface area contributed by atoms with Crippen LogP contribution < -0.4 is 0 Å². The van der Waals surface area contributed by atoms with Crippen LogP contribution in [0.5, 0.6) is 0 Å². The molecule has 2 amide bonds. The van der Waals surface area contributed by atoms with Crippen molar-refractivity contribution in [2.75, 3.05) is 19.6 Å². The summed E-state index contributed by atoms with van der Waals surface area (Å²) in [5.41, 5.74) is 0.895. The maximum absolute atomic E-state index is 12.1. The lowest BCUT2D eigenvalue weighted by Crippen LogP contribution is -2.34. The van der Waals surface area contributed by atoms with Gasteiger partial charge in [0.2, 0.25) is 11.8 Å². The molecule has 4 heteroatoms. The van der Waals surface area contributed by atoms with E-state index in [0.29, 0.717) is 26.1 Å². The van der Waals surface area contributed by atoms with Crippen LogP contribution in [0.15, 0.2) is 48.7 Å². The Kier molecular flexibility index (Phi) is 4.34. The summed E-state index contributed by atoms with van der Waals surface area (Å²) >= 11 is 0. The standard InChI is InChI=1S/C15H18N2O2/c1-2-14(18)16-10-9-15(19)17(12-11-16)13-7-5-3-4-6-8-13/h2-3,5-8H,1,4,9-12H2. The van der Waals surface area contributed by atoms with Crippen molar-refractivity contribution in [1.82, 2.24) is 9.80 Å². The van der Waals surface area contributed by atoms with Crippen LogP contribution >= 0.6 is 0 Å². The van der Waals surface area contributed by atoms with E-state index in [4.69, 9.17) is 0 Å². The van der Waals surface area contributed by atoms with E-state index in [1.54, 1.807) is 9.80 Å². The van der Waals surface area contributed by atoms with E-state index in [-0.39, 0.29) is 11.8 Å². The fraction of sp³-hybridized carbons (Fsp3) is 0.333. The molecule has 19 heavy (non-hydrogen) atoms. The summed E-state index contributed by atoms with van der Waals surface area (Å²) in [5.74, 6) is -0.0505. The Hall–Kier alpha value is -2.10. The quantitative estimate of drug-likeness (QED) is 0.706. The normalized spacial score (nSPS) is 19.8. The zero-order valence-corrected chi connectivity index (χ0v) is 10.9. The van der Waals surface area contributed by atoms with Crippen molar-refractivity contribution >= 4 is 11.8 Å². The highest BCUT2D eigenvalue weighted by atomic mass is 16.2. The van der Waals surface area contributed by atoms with Gasteiger partial charge in [0.05, 0.1) is 0 Å². The Morgan fingerprint density at radius 1 is 1.26 bits per heavy atom. The fourth-order valence-electron chi connectivity index (χ4n) is 2.19. The number of hydrogen-bond acceptors (Lipinski definition) is 2. The van der Waals surface area contributed by atoms with Gasteiger partial charge < -0.3 is 9.80 Å². The lowest BCUT2D eigenvalue weighted by atomic mass is 10.3. The average molecular weight is 258 g/mol. The van der Waals surface area contributed by atoms with Crippen LogP contribution in [0.25, 0.3) is 0 Å². The van der Waals surface area contributed by atoms with Gasteiger partial charge in [-0.25, -0.2) is 0 Å². The van der Waals surface area contributed by atoms with Gasteiger partial charge in [0.15, 0.2) is 0 Å². The Morgan fingerprint density at radius 2 is 2.11 bits per heavy atom. The number of amides is 2. The van der Waals surface area contributed by atoms with Gasteiger partial charge in [0.1, 0.15) is 0 Å². The van der Waals surface area contributed by atoms with Gasteiger partial charge in [-0.15, -0.1) is 0 Å². The molecule has 1 fully saturated rings. The minimum absolute atomic E-state index is 0.0607. The predicted octanol–water partition coefficient (Wildman–Crippen LogP) is 1.63. The van der Waals surface area contributed by atoms with E-state index < -0.39 is 0 Å². The van der Waals surface area contributed by atoms with Gasteiger partial charge in [0.25, 0.3) is 0 Å². The Bertz CT molecular complexity index is 475. The van der Waals surface area contributed by atoms with Crippen LogP contribution in [0.2, 0.25) is 0 Å². The van der Waals surface area contributed by atoms with Gasteiger partial charge in [-0.05, 0) is 24.6 Å². The minimum Gasteiger partial charge on any atom is -0.337 e. The monoisotopic (exact) mass is 258 g/mol. The van der Waals surface area contributed by atoms with Gasteiger partial charge in [-0.1, -0.05) is 24.8 Å². The average Bonchev–Trinajstić information content (AvgIpc) is 2.78. The van der Waals surface area contributed by atoms with Crippen molar-refractivity contribution in [3.05, 3.63) is 48.7 Å². The smallest absolute Gasteiger partial charge is 0.246 e. The van der Waals surface area contributed by atoms with Gasteiger partial charge in [-0.2, -0.15) is 0 Å². The molecule has 1 saturated heterocycles. The molecule has 0 spiro atoms. The molecular formula is C15H18N2O2. The van der Waals surface area contributed by atoms with Crippen molar-refractivity contribution < 1.29 is 9.59 Å². The van der Waals surface area contributed by atoms with Crippen LogP contribution in [0, 0.1) is 0 Å². The SMILES string of the molecule is C=CC(=O)N1CCC(=O)N(C2=CC=CCC=C2)CC1. The summed E-state index contributed by atoms with van der Waals surface area (Å²) in [5, 5.41) is 0. The van der Waals surface area contributed by atoms with Gasteiger partial charge in [-0.3, -0.25) is 9.59 Å². The van der Waals surface area contributed by atoms with E-state index in [1.165, 1.54) is 6.08 Å². The molecule has 0 aromatic rings. The molecular weight excluding hydrogens is 240 g/mol. The first kappa shape index (κ1) is 13.3. The van der Waals surface area contributed by atoms with Crippen molar-refractivity contribution in [3.63, 3.8) is 0 Å². The topological polar surface area (TPSA) is 40.6 Å². The zero-order chi connectivity index (χ0) is 13.7. The minimum atomic E-state index is -0.111. The number of carbonyl (C=O) groups excluding carboxylic acids is 2. The molecule has 1 heterocycles. The van der Waals surface area contributed by atoms with E-state index in [1.807, 2.05) is 30.4 Å². The summed E-state index contributed by atoms with van der Waals surface area (Å²) in [6.45, 7) is 5.03. The summed E-state index contributed by atoms with van der Waals surface area (Å²) in [4.78, 5) is 27.2. The first-order valence-corrected chi connectivity index (χ1v) is 6.47. The molecule has 1 aliphatic heterocycles. The largest absolute Gasteiger partial charge is 0.337 e. The molecule has 0 N–H and O–H groups in total. The van der Waals surface area contributed by atoms with Crippen molar-refractivity contribution in [1.29, 1.82) is 0 Å². The van der Waals surface area contributed by atoms with E-state index in [0.717, 1.165) is 12.1 Å². The number of carbonyl (C=O) groups is 2. The van der Waals surface area contributed by atoms with Gasteiger partial charge in [0, 0.05) is 31.8 Å². The number of nitrogens with zero attached hydrogens (tertiary/aromatic N) is 2. The molecule has 2 aliphatic rings. The molecule has 0 atom stereocenters. The molecule has 100 valence electrons. The van der Waals surface area contributed by atoms with E-state index in [9.17, 15) is 9.59 Å². The third kappa shape index (κ3) is 3.22. The van der Waals surface area contributed by atoms with E-state index >= 15 is 0 Å². The lowest BCUT2D eigenvalue weighted by molar-refractivity contribution is -0.128. The molecule has 0 aromatic carbocycles. The number of allylic oxidation sites excluding steroid dienone is 5. The fourth-order valence-corrected chi connectivity index (χ4v) is 2.19. The summed E-state index contributed by atoms with van der Waals surface area (Å²) < 4.78 is 0. The highest BCUT2D eigenvalue weighted by Crippen LogP contribution is 2.15. The Balaban J connectivity index is 2.12. The summed E-state index contributed by atoms with van der Waals surface area (Å²) in [7, 11) is 0. The van der Waals surface area contributed by atoms with Crippen LogP contribution in [-0.2, 0) is 9.59 Å². The maximum Gasteiger partial charge on any atom is 0.246 e. The summed E-state index contributed by atoms with van der Waals surface area (Å²) in [6, 6.07) is 0. The third-order valence-corrected chi connectivity index (χ3v) is 3.25. The Morgan fingerprint density at radius 3 is 2.89 bits per heavy atom. The molecule has 1 aliphatic carbocycles. The summed E-state index contributed by atoms with van der Waals surface area (Å²) in [6.07, 6.45) is 12.5. The van der Waals surface area contributed by atoms with Crippen LogP contribution in [-0.4, -0.2) is 41.2 Å². The predicted molar refractivity (Wildman–Crippen MR) is 74.1 cm³/mol. The van der Waals surface area contributed by atoms with Crippen molar-refractivity contribution in [3.8, 4) is 0 Å². The molecule has 0 bridgehead atoms. The van der Waals surface area contributed by atoms with Crippen LogP contribution in [0.3, 0.4) is 0 Å². The lowest BCUT2D eigenvalue weighted by Gasteiger charge is -2.22. The van der Waals surface area contributed by atoms with Crippen molar-refractivity contribution in [2.24, 2.45) is 0 Å². The molecule has 0 radical (unpaired) electrons. The Labute approximate surface area is 113 Å². The van der Waals surface area contributed by atoms with E-state index in [2.05, 4.69) is 6.58 Å². The van der Waals surface area contributed by atoms with Gasteiger partial charge >= 0.3 is 0 Å². The third-order valence-electron chi connectivity index (χ3n) is 3.25. The maximum atomic E-state index is 12.1. The molecule has 2 rings (SSSR count). The molecule has 0 aromatic heterocycles. The number of rotatable bonds is 2.